The number of rotatable bonds is 7. The largest absolute Gasteiger partial charge is 0.481 e. The molecule has 3 rings (SSSR count). The predicted molar refractivity (Wildman–Crippen MR) is 79.6 cm³/mol. The molecule has 2 aromatic heterocycles. The third-order valence-electron chi connectivity index (χ3n) is 3.15. The fourth-order valence-corrected chi connectivity index (χ4v) is 3.51. The Hall–Kier alpha value is -1.48. The van der Waals surface area contributed by atoms with Crippen LogP contribution in [0.1, 0.15) is 37.9 Å². The molecule has 0 bridgehead atoms. The van der Waals surface area contributed by atoms with Crippen LogP contribution in [0.15, 0.2) is 5.16 Å². The minimum Gasteiger partial charge on any atom is -0.481 e. The number of aryl methyl sites for hydroxylation is 1. The molecule has 1 aliphatic rings. The van der Waals surface area contributed by atoms with Crippen molar-refractivity contribution in [3.05, 3.63) is 5.69 Å². The summed E-state index contributed by atoms with van der Waals surface area (Å²) in [6.07, 6.45) is 4.03. The first-order chi connectivity index (χ1) is 10.2. The third-order valence-corrected chi connectivity index (χ3v) is 4.84. The maximum absolute atomic E-state index is 10.7. The first kappa shape index (κ1) is 14.5. The van der Waals surface area contributed by atoms with Gasteiger partial charge in [0.2, 0.25) is 0 Å². The Morgan fingerprint density at radius 2 is 2.24 bits per heavy atom. The van der Waals surface area contributed by atoms with Gasteiger partial charge in [0.25, 0.3) is 0 Å². The molecule has 9 heteroatoms. The lowest BCUT2D eigenvalue weighted by atomic mass is 10.2. The van der Waals surface area contributed by atoms with Crippen molar-refractivity contribution in [2.45, 2.75) is 43.8 Å². The Morgan fingerprint density at radius 3 is 2.90 bits per heavy atom. The Bertz CT molecular complexity index is 650. The second-order valence-electron chi connectivity index (χ2n) is 4.89. The molecule has 112 valence electrons. The van der Waals surface area contributed by atoms with Crippen LogP contribution in [0.4, 0.5) is 0 Å². The van der Waals surface area contributed by atoms with E-state index >= 15 is 0 Å². The SMILES string of the molecule is CCCc1nnsc1-c1nnc(SCC(=O)O)n1C1CC1. The van der Waals surface area contributed by atoms with E-state index in [0.717, 1.165) is 42.1 Å². The van der Waals surface area contributed by atoms with Crippen LogP contribution in [0, 0.1) is 0 Å². The first-order valence-electron chi connectivity index (χ1n) is 6.81. The Labute approximate surface area is 129 Å². The first-order valence-corrected chi connectivity index (χ1v) is 8.57. The molecular weight excluding hydrogens is 310 g/mol. The highest BCUT2D eigenvalue weighted by molar-refractivity contribution is 7.99. The Morgan fingerprint density at radius 1 is 1.43 bits per heavy atom. The highest BCUT2D eigenvalue weighted by Crippen LogP contribution is 2.42. The fraction of sp³-hybridized carbons (Fsp3) is 0.583. The summed E-state index contributed by atoms with van der Waals surface area (Å²) in [6.45, 7) is 2.10. The molecular formula is C12H15N5O2S2. The number of hydrogen-bond donors (Lipinski definition) is 1. The zero-order chi connectivity index (χ0) is 14.8. The van der Waals surface area contributed by atoms with Crippen molar-refractivity contribution in [1.29, 1.82) is 0 Å². The van der Waals surface area contributed by atoms with Crippen molar-refractivity contribution in [3.63, 3.8) is 0 Å². The van der Waals surface area contributed by atoms with Gasteiger partial charge >= 0.3 is 5.97 Å². The number of aromatic nitrogens is 5. The minimum atomic E-state index is -0.849. The van der Waals surface area contributed by atoms with E-state index in [4.69, 9.17) is 5.11 Å². The quantitative estimate of drug-likeness (QED) is 0.780. The number of carbonyl (C=O) groups is 1. The molecule has 0 aliphatic heterocycles. The van der Waals surface area contributed by atoms with E-state index in [0.29, 0.717) is 11.2 Å². The van der Waals surface area contributed by atoms with E-state index in [-0.39, 0.29) is 5.75 Å². The van der Waals surface area contributed by atoms with Gasteiger partial charge in [0.1, 0.15) is 4.88 Å². The molecule has 2 heterocycles. The molecule has 0 atom stereocenters. The molecule has 7 nitrogen and oxygen atoms in total. The molecule has 2 aromatic rings. The lowest BCUT2D eigenvalue weighted by molar-refractivity contribution is -0.133. The van der Waals surface area contributed by atoms with Crippen molar-refractivity contribution in [3.8, 4) is 10.7 Å². The normalized spacial score (nSPS) is 14.5. The van der Waals surface area contributed by atoms with Crippen LogP contribution in [-0.4, -0.2) is 41.2 Å². The maximum Gasteiger partial charge on any atom is 0.313 e. The van der Waals surface area contributed by atoms with Crippen molar-refractivity contribution < 1.29 is 9.90 Å². The summed E-state index contributed by atoms with van der Waals surface area (Å²) in [5, 5.41) is 22.1. The number of aliphatic carboxylic acids is 1. The molecule has 1 N–H and O–H groups in total. The zero-order valence-corrected chi connectivity index (χ0v) is 13.2. The van der Waals surface area contributed by atoms with Gasteiger partial charge in [-0.2, -0.15) is 0 Å². The van der Waals surface area contributed by atoms with E-state index in [2.05, 4.69) is 31.3 Å². The molecule has 1 fully saturated rings. The molecule has 0 spiro atoms. The summed E-state index contributed by atoms with van der Waals surface area (Å²) in [4.78, 5) is 11.7. The highest BCUT2D eigenvalue weighted by atomic mass is 32.2. The second-order valence-corrected chi connectivity index (χ2v) is 6.59. The van der Waals surface area contributed by atoms with E-state index in [1.54, 1.807) is 0 Å². The zero-order valence-electron chi connectivity index (χ0n) is 11.5. The molecule has 0 radical (unpaired) electrons. The van der Waals surface area contributed by atoms with Crippen molar-refractivity contribution in [2.75, 3.05) is 5.75 Å². The number of thioether (sulfide) groups is 1. The van der Waals surface area contributed by atoms with Crippen LogP contribution in [0.3, 0.4) is 0 Å². The Balaban J connectivity index is 1.94. The van der Waals surface area contributed by atoms with Gasteiger partial charge < -0.3 is 5.11 Å². The van der Waals surface area contributed by atoms with E-state index in [1.165, 1.54) is 23.3 Å². The monoisotopic (exact) mass is 325 g/mol. The maximum atomic E-state index is 10.7. The van der Waals surface area contributed by atoms with Gasteiger partial charge in [-0.1, -0.05) is 29.6 Å². The number of hydrogen-bond acceptors (Lipinski definition) is 7. The average Bonchev–Trinajstić information content (AvgIpc) is 3.04. The molecule has 21 heavy (non-hydrogen) atoms. The fourth-order valence-electron chi connectivity index (χ4n) is 2.10. The van der Waals surface area contributed by atoms with Crippen LogP contribution >= 0.6 is 23.3 Å². The van der Waals surface area contributed by atoms with E-state index in [9.17, 15) is 4.79 Å². The molecule has 1 saturated carbocycles. The standard InChI is InChI=1S/C12H15N5O2S2/c1-2-3-8-10(21-16-13-8)11-14-15-12(20-6-9(18)19)17(11)7-4-5-7/h7H,2-6H2,1H3,(H,18,19). The van der Waals surface area contributed by atoms with E-state index in [1.807, 2.05) is 0 Å². The summed E-state index contributed by atoms with van der Waals surface area (Å²) in [7, 11) is 0. The number of nitrogens with zero attached hydrogens (tertiary/aromatic N) is 5. The van der Waals surface area contributed by atoms with E-state index < -0.39 is 5.97 Å². The number of carboxylic acids is 1. The van der Waals surface area contributed by atoms with Gasteiger partial charge in [-0.05, 0) is 30.8 Å². The topological polar surface area (TPSA) is 93.8 Å². The molecule has 0 unspecified atom stereocenters. The minimum absolute atomic E-state index is 0.00634. The van der Waals surface area contributed by atoms with Crippen molar-refractivity contribution in [1.82, 2.24) is 24.4 Å². The van der Waals surface area contributed by atoms with Gasteiger partial charge in [0.05, 0.1) is 11.4 Å². The molecule has 1 aliphatic carbocycles. The summed E-state index contributed by atoms with van der Waals surface area (Å²) in [5.41, 5.74) is 0.951. The summed E-state index contributed by atoms with van der Waals surface area (Å²) >= 11 is 2.54. The van der Waals surface area contributed by atoms with Gasteiger partial charge in [0, 0.05) is 6.04 Å². The third kappa shape index (κ3) is 3.08. The lowest BCUT2D eigenvalue weighted by Gasteiger charge is -2.07. The number of carboxylic acid groups (broad SMARTS) is 1. The van der Waals surface area contributed by atoms with Crippen LogP contribution in [-0.2, 0) is 11.2 Å². The predicted octanol–water partition coefficient (Wildman–Crippen LogP) is 2.26. The Kier molecular flexibility index (Phi) is 4.20. The van der Waals surface area contributed by atoms with Gasteiger partial charge in [-0.15, -0.1) is 15.3 Å². The molecule has 0 amide bonds. The summed E-state index contributed by atoms with van der Waals surface area (Å²) in [5.74, 6) is -0.0741. The summed E-state index contributed by atoms with van der Waals surface area (Å²) < 4.78 is 6.09. The van der Waals surface area contributed by atoms with Crippen LogP contribution in [0.2, 0.25) is 0 Å². The molecule has 0 saturated heterocycles. The van der Waals surface area contributed by atoms with Crippen molar-refractivity contribution in [2.24, 2.45) is 0 Å². The second kappa shape index (κ2) is 6.10. The van der Waals surface area contributed by atoms with Crippen LogP contribution < -0.4 is 0 Å². The van der Waals surface area contributed by atoms with Crippen LogP contribution in [0.25, 0.3) is 10.7 Å². The molecule has 0 aromatic carbocycles. The summed E-state index contributed by atoms with van der Waals surface area (Å²) in [6, 6.07) is 0.378. The highest BCUT2D eigenvalue weighted by Gasteiger charge is 2.31. The van der Waals surface area contributed by atoms with Crippen molar-refractivity contribution >= 4 is 29.3 Å². The lowest BCUT2D eigenvalue weighted by Crippen LogP contribution is -2.03. The smallest absolute Gasteiger partial charge is 0.313 e. The van der Waals surface area contributed by atoms with Gasteiger partial charge in [-0.25, -0.2) is 0 Å². The van der Waals surface area contributed by atoms with Gasteiger partial charge in [0.15, 0.2) is 11.0 Å². The van der Waals surface area contributed by atoms with Crippen LogP contribution in [0.5, 0.6) is 0 Å². The van der Waals surface area contributed by atoms with Gasteiger partial charge in [-0.3, -0.25) is 9.36 Å². The average molecular weight is 325 g/mol.